The van der Waals surface area contributed by atoms with Crippen molar-refractivity contribution in [3.8, 4) is 6.07 Å². The number of hydrogen-bond acceptors (Lipinski definition) is 5. The molecule has 1 aliphatic rings. The number of aromatic nitrogens is 2. The molecule has 3 atom stereocenters. The maximum absolute atomic E-state index is 12.8. The van der Waals surface area contributed by atoms with Crippen molar-refractivity contribution in [2.24, 2.45) is 11.4 Å². The molecule has 9 nitrogen and oxygen atoms in total. The van der Waals surface area contributed by atoms with E-state index in [-0.39, 0.29) is 6.42 Å². The highest BCUT2D eigenvalue weighted by molar-refractivity contribution is 7.85. The second-order valence-electron chi connectivity index (χ2n) is 6.41. The molecule has 0 fully saturated rings. The van der Waals surface area contributed by atoms with Gasteiger partial charge in [-0.1, -0.05) is 0 Å². The van der Waals surface area contributed by atoms with Gasteiger partial charge in [0.2, 0.25) is 16.1 Å². The summed E-state index contributed by atoms with van der Waals surface area (Å²) >= 11 is 0. The molecule has 0 saturated carbocycles. The van der Waals surface area contributed by atoms with Crippen molar-refractivity contribution in [2.75, 3.05) is 12.4 Å². The van der Waals surface area contributed by atoms with E-state index in [4.69, 9.17) is 5.26 Å². The monoisotopic (exact) mass is 388 g/mol. The van der Waals surface area contributed by atoms with Crippen LogP contribution in [-0.2, 0) is 22.0 Å². The first kappa shape index (κ1) is 19.0. The lowest BCUT2D eigenvalue weighted by molar-refractivity contribution is -0.120. The van der Waals surface area contributed by atoms with Crippen LogP contribution in [0.3, 0.4) is 0 Å². The summed E-state index contributed by atoms with van der Waals surface area (Å²) in [5.74, 6) is -0.412. The Bertz CT molecular complexity index is 1030. The summed E-state index contributed by atoms with van der Waals surface area (Å²) in [5, 5.41) is 15.8. The molecule has 0 radical (unpaired) electrons. The van der Waals surface area contributed by atoms with E-state index in [1.54, 1.807) is 49.1 Å². The van der Waals surface area contributed by atoms with E-state index in [9.17, 15) is 13.6 Å². The Labute approximate surface area is 157 Å². The Hall–Kier alpha value is -2.74. The van der Waals surface area contributed by atoms with Crippen molar-refractivity contribution < 1.29 is 13.6 Å². The van der Waals surface area contributed by atoms with Crippen LogP contribution < -0.4 is 5.32 Å². The second-order valence-corrected chi connectivity index (χ2v) is 8.13. The lowest BCUT2D eigenvalue weighted by Gasteiger charge is -2.33. The number of carbonyl (C=O) groups excluding carboxylic acids is 1. The summed E-state index contributed by atoms with van der Waals surface area (Å²) in [5.41, 5.74) is 2.42. The van der Waals surface area contributed by atoms with Gasteiger partial charge in [-0.25, -0.2) is 4.21 Å². The van der Waals surface area contributed by atoms with Gasteiger partial charge >= 0.3 is 0 Å². The van der Waals surface area contributed by atoms with Crippen molar-refractivity contribution in [3.63, 3.8) is 0 Å². The van der Waals surface area contributed by atoms with Gasteiger partial charge in [-0.3, -0.25) is 14.0 Å². The molecule has 1 aliphatic heterocycles. The van der Waals surface area contributed by atoms with Gasteiger partial charge in [0.25, 0.3) is 0 Å². The van der Waals surface area contributed by atoms with E-state index in [0.717, 1.165) is 9.87 Å². The quantitative estimate of drug-likeness (QED) is 0.830. The van der Waals surface area contributed by atoms with Crippen LogP contribution in [0, 0.1) is 18.3 Å². The van der Waals surface area contributed by atoms with Crippen LogP contribution in [0.4, 0.5) is 5.69 Å². The Morgan fingerprint density at radius 1 is 1.37 bits per heavy atom. The van der Waals surface area contributed by atoms with Crippen LogP contribution in [0.1, 0.15) is 29.3 Å². The number of hydrogen-bond donors (Lipinski definition) is 2. The van der Waals surface area contributed by atoms with Gasteiger partial charge in [0.1, 0.15) is 6.04 Å². The number of benzene rings is 1. The zero-order valence-corrected chi connectivity index (χ0v) is 16.0. The second kappa shape index (κ2) is 7.11. The Kier molecular flexibility index (Phi) is 5.01. The van der Waals surface area contributed by atoms with Gasteiger partial charge in [0.15, 0.2) is 0 Å². The van der Waals surface area contributed by atoms with Crippen molar-refractivity contribution in [3.05, 3.63) is 47.3 Å². The highest BCUT2D eigenvalue weighted by Gasteiger charge is 2.38. The van der Waals surface area contributed by atoms with E-state index >= 15 is 0 Å². The number of nitrogens with one attached hydrogen (secondary N) is 1. The minimum atomic E-state index is -3.70. The molecule has 1 aromatic carbocycles. The third-order valence-electron chi connectivity index (χ3n) is 4.52. The van der Waals surface area contributed by atoms with E-state index in [0.29, 0.717) is 16.9 Å². The predicted octanol–water partition coefficient (Wildman–Crippen LogP) is 1.84. The number of nitrogens with zero attached hydrogens (tertiary/aromatic N) is 5. The molecule has 0 bridgehead atoms. The average Bonchev–Trinajstić information content (AvgIpc) is 2.96. The standard InChI is InChI=1S/C17H20N6O3S/c1-11-14(10-22(2)20-11)15-8-16(23(3)27(25,26)21-15)17(24)19-13-6-4-12(9-18)5-7-13/h4-7,10,15-16H,8H2,1-3H3,(H,19,24)(H,21,25,26)/t15-,16+/m0/s1. The summed E-state index contributed by atoms with van der Waals surface area (Å²) in [7, 11) is -0.531. The molecule has 3 rings (SSSR count). The third-order valence-corrected chi connectivity index (χ3v) is 6.05. The summed E-state index contributed by atoms with van der Waals surface area (Å²) < 4.78 is 29.6. The van der Waals surface area contributed by atoms with Gasteiger partial charge < -0.3 is 5.32 Å². The predicted molar refractivity (Wildman–Crippen MR) is 99.8 cm³/mol. The topological polar surface area (TPSA) is 124 Å². The fraction of sp³-hybridized carbons (Fsp3) is 0.353. The van der Waals surface area contributed by atoms with Gasteiger partial charge in [-0.05, 0) is 31.2 Å². The molecule has 142 valence electrons. The Balaban J connectivity index is 1.87. The number of anilines is 1. The molecule has 0 aliphatic carbocycles. The smallest absolute Gasteiger partial charge is 0.242 e. The van der Waals surface area contributed by atoms with Crippen molar-refractivity contribution in [1.82, 2.24) is 14.1 Å². The van der Waals surface area contributed by atoms with E-state index in [1.807, 2.05) is 6.07 Å². The molecule has 2 heterocycles. The lowest BCUT2D eigenvalue weighted by atomic mass is 10.00. The fourth-order valence-electron chi connectivity index (χ4n) is 3.06. The molecular weight excluding hydrogens is 368 g/mol. The number of rotatable bonds is 3. The zero-order chi connectivity index (χ0) is 19.8. The van der Waals surface area contributed by atoms with E-state index in [1.165, 1.54) is 7.05 Å². The summed E-state index contributed by atoms with van der Waals surface area (Å²) in [6.07, 6.45) is 2.00. The van der Waals surface area contributed by atoms with Gasteiger partial charge in [0, 0.05) is 38.0 Å². The van der Waals surface area contributed by atoms with Crippen LogP contribution in [0.5, 0.6) is 0 Å². The van der Waals surface area contributed by atoms with Crippen molar-refractivity contribution in [1.29, 1.82) is 5.26 Å². The average molecular weight is 388 g/mol. The first-order chi connectivity index (χ1) is 12.7. The first-order valence-corrected chi connectivity index (χ1v) is 9.67. The minimum Gasteiger partial charge on any atom is -0.325 e. The van der Waals surface area contributed by atoms with Gasteiger partial charge in [-0.2, -0.15) is 19.0 Å². The number of amides is 1. The largest absolute Gasteiger partial charge is 0.325 e. The maximum Gasteiger partial charge on any atom is 0.242 e. The summed E-state index contributed by atoms with van der Waals surface area (Å²) in [6, 6.07) is 6.96. The van der Waals surface area contributed by atoms with Crippen molar-refractivity contribution in [2.45, 2.75) is 25.4 Å². The molecule has 1 unspecified atom stereocenters. The molecule has 2 N–H and O–H groups in total. The molecule has 0 spiro atoms. The van der Waals surface area contributed by atoms with Gasteiger partial charge in [-0.15, -0.1) is 0 Å². The van der Waals surface area contributed by atoms with Crippen LogP contribution in [-0.4, -0.2) is 41.8 Å². The van der Waals surface area contributed by atoms with Crippen molar-refractivity contribution >= 4 is 21.8 Å². The minimum absolute atomic E-state index is 0.253. The molecule has 10 heteroatoms. The zero-order valence-electron chi connectivity index (χ0n) is 15.2. The Morgan fingerprint density at radius 2 is 2.04 bits per heavy atom. The molecule has 2 aromatic rings. The number of nitriles is 1. The normalized spacial score (nSPS) is 25.4. The molecular formula is C17H20N6O3S. The van der Waals surface area contributed by atoms with Gasteiger partial charge in [0.05, 0.1) is 23.4 Å². The van der Waals surface area contributed by atoms with Crippen LogP contribution in [0.15, 0.2) is 34.8 Å². The number of likely N-dealkylation sites (N-methyl/N-ethyl adjacent to an activating group) is 1. The van der Waals surface area contributed by atoms with E-state index < -0.39 is 28.2 Å². The number of carbonyl (C=O) groups is 1. The van der Waals surface area contributed by atoms with E-state index in [2.05, 4.69) is 14.8 Å². The molecule has 1 aromatic heterocycles. The van der Waals surface area contributed by atoms with Crippen LogP contribution in [0.25, 0.3) is 0 Å². The van der Waals surface area contributed by atoms with Crippen LogP contribution in [0.2, 0.25) is 0 Å². The lowest BCUT2D eigenvalue weighted by Crippen LogP contribution is -2.48. The third kappa shape index (κ3) is 3.85. The fourth-order valence-corrected chi connectivity index (χ4v) is 4.26. The highest BCUT2D eigenvalue weighted by atomic mass is 32.2. The molecule has 1 amide bonds. The summed E-state index contributed by atoms with van der Waals surface area (Å²) in [6.45, 7) is 1.80. The number of aryl methyl sites for hydroxylation is 2. The Morgan fingerprint density at radius 3 is 2.59 bits per heavy atom. The SMILES string of the molecule is Cc1nn(C)cc1[C@@H]1C[C@H](C(=O)Nc2ccc(C#N)cc2)N(C)S(=O)(O)=N1. The maximum atomic E-state index is 12.8. The summed E-state index contributed by atoms with van der Waals surface area (Å²) in [4.78, 5) is 12.8. The highest BCUT2D eigenvalue weighted by Crippen LogP contribution is 2.33. The molecule has 27 heavy (non-hydrogen) atoms. The molecule has 0 saturated heterocycles. The first-order valence-electron chi connectivity index (χ1n) is 8.24. The van der Waals surface area contributed by atoms with Crippen LogP contribution >= 0.6 is 0 Å².